The van der Waals surface area contributed by atoms with Crippen LogP contribution in [0.5, 0.6) is 0 Å². The average molecular weight is 521 g/mol. The summed E-state index contributed by atoms with van der Waals surface area (Å²) < 4.78 is 39.0. The predicted molar refractivity (Wildman–Crippen MR) is 131 cm³/mol. The number of aliphatic hydroxyl groups is 1. The zero-order valence-electron chi connectivity index (χ0n) is 22.6. The number of rotatable bonds is 3. The summed E-state index contributed by atoms with van der Waals surface area (Å²) in [4.78, 5) is 38.5. The van der Waals surface area contributed by atoms with E-state index in [9.17, 15) is 24.6 Å². The summed E-state index contributed by atoms with van der Waals surface area (Å²) in [5.41, 5.74) is -7.93. The minimum atomic E-state index is -2.32. The van der Waals surface area contributed by atoms with Crippen LogP contribution in [0.1, 0.15) is 67.7 Å². The smallest absolute Gasteiger partial charge is 0.349 e. The van der Waals surface area contributed by atoms with Crippen molar-refractivity contribution in [3.8, 4) is 0 Å². The van der Waals surface area contributed by atoms with Crippen LogP contribution in [0.15, 0.2) is 23.8 Å². The largest absolute Gasteiger partial charge is 0.478 e. The third-order valence-electron chi connectivity index (χ3n) is 12.0. The Bertz CT molecular complexity index is 1140. The lowest BCUT2D eigenvalue weighted by Gasteiger charge is -2.62. The molecule has 4 saturated carbocycles. The summed E-state index contributed by atoms with van der Waals surface area (Å²) in [7, 11) is 0. The maximum atomic E-state index is 17.3. The summed E-state index contributed by atoms with van der Waals surface area (Å²) >= 11 is 0. The Labute approximate surface area is 216 Å². The second-order valence-corrected chi connectivity index (χ2v) is 13.8. The first-order valence-electron chi connectivity index (χ1n) is 13.3. The van der Waals surface area contributed by atoms with Gasteiger partial charge in [-0.25, -0.2) is 13.6 Å². The van der Waals surface area contributed by atoms with Gasteiger partial charge in [-0.15, -0.1) is 0 Å². The Morgan fingerprint density at radius 1 is 1.05 bits per heavy atom. The number of carboxylic acids is 1. The van der Waals surface area contributed by atoms with Crippen LogP contribution in [-0.2, 0) is 19.1 Å². The van der Waals surface area contributed by atoms with E-state index in [2.05, 4.69) is 0 Å². The minimum absolute atomic E-state index is 0.0153. The molecule has 0 amide bonds. The van der Waals surface area contributed by atoms with E-state index in [1.165, 1.54) is 19.1 Å². The first kappa shape index (κ1) is 26.5. The van der Waals surface area contributed by atoms with Crippen molar-refractivity contribution >= 4 is 17.7 Å². The summed E-state index contributed by atoms with van der Waals surface area (Å²) in [6.07, 6.45) is 0.0736. The van der Waals surface area contributed by atoms with Gasteiger partial charge in [0.05, 0.1) is 12.0 Å². The fourth-order valence-electron chi connectivity index (χ4n) is 9.24. The number of aliphatic hydroxyl groups excluding tert-OH is 1. The van der Waals surface area contributed by atoms with Crippen molar-refractivity contribution in [2.45, 2.75) is 91.3 Å². The van der Waals surface area contributed by atoms with Crippen molar-refractivity contribution in [3.63, 3.8) is 0 Å². The molecule has 0 unspecified atom stereocenters. The van der Waals surface area contributed by atoms with E-state index < -0.39 is 75.8 Å². The molecule has 0 spiro atoms. The number of carboxylic acid groups (broad SMARTS) is 1. The molecule has 0 aromatic rings. The first-order valence-corrected chi connectivity index (χ1v) is 13.3. The molecule has 0 aliphatic heterocycles. The molecule has 0 aromatic heterocycles. The third-order valence-corrected chi connectivity index (χ3v) is 12.0. The number of fused-ring (bicyclic) bond motifs is 5. The van der Waals surface area contributed by atoms with Crippen molar-refractivity contribution in [3.05, 3.63) is 23.8 Å². The van der Waals surface area contributed by atoms with E-state index >= 15 is 8.78 Å². The van der Waals surface area contributed by atoms with Crippen molar-refractivity contribution < 1.29 is 38.1 Å². The fourth-order valence-corrected chi connectivity index (χ4v) is 9.24. The molecule has 9 atom stereocenters. The maximum Gasteiger partial charge on any atom is 0.349 e. The quantitative estimate of drug-likeness (QED) is 0.528. The van der Waals surface area contributed by atoms with Gasteiger partial charge in [-0.05, 0) is 60.7 Å². The molecule has 8 heteroatoms. The Hall–Kier alpha value is -2.09. The molecule has 5 rings (SSSR count). The minimum Gasteiger partial charge on any atom is -0.478 e. The molecule has 6 nitrogen and oxygen atoms in total. The number of hydrogen-bond acceptors (Lipinski definition) is 5. The number of allylic oxidation sites excluding steroid dienone is 4. The lowest BCUT2D eigenvalue weighted by molar-refractivity contribution is -0.238. The highest BCUT2D eigenvalue weighted by Crippen LogP contribution is 2.73. The topological polar surface area (TPSA) is 101 Å². The second kappa shape index (κ2) is 7.30. The highest BCUT2D eigenvalue weighted by molar-refractivity contribution is 6.01. The van der Waals surface area contributed by atoms with E-state index in [4.69, 9.17) is 4.74 Å². The zero-order valence-corrected chi connectivity index (χ0v) is 22.6. The van der Waals surface area contributed by atoms with Gasteiger partial charge >= 0.3 is 11.9 Å². The van der Waals surface area contributed by atoms with E-state index in [0.717, 1.165) is 6.08 Å². The molecule has 0 aromatic carbocycles. The second-order valence-electron chi connectivity index (χ2n) is 13.8. The molecule has 0 bridgehead atoms. The zero-order chi connectivity index (χ0) is 27.7. The van der Waals surface area contributed by atoms with Gasteiger partial charge in [-0.1, -0.05) is 47.6 Å². The molecule has 37 heavy (non-hydrogen) atoms. The fraction of sp³-hybridized carbons (Fsp3) is 0.759. The molecule has 2 N–H and O–H groups in total. The van der Waals surface area contributed by atoms with Gasteiger partial charge in [-0.2, -0.15) is 0 Å². The number of hydrogen-bond donors (Lipinski definition) is 2. The Kier molecular flexibility index (Phi) is 5.23. The predicted octanol–water partition coefficient (Wildman–Crippen LogP) is 4.60. The van der Waals surface area contributed by atoms with E-state index in [1.807, 2.05) is 27.7 Å². The van der Waals surface area contributed by atoms with Crippen molar-refractivity contribution in [1.82, 2.24) is 0 Å². The molecule has 5 aliphatic rings. The van der Waals surface area contributed by atoms with E-state index in [0.29, 0.717) is 0 Å². The van der Waals surface area contributed by atoms with Gasteiger partial charge in [0.15, 0.2) is 11.5 Å². The number of ketones is 1. The Morgan fingerprint density at radius 3 is 2.19 bits per heavy atom. The molecule has 204 valence electrons. The molecule has 0 radical (unpaired) electrons. The number of alkyl halides is 2. The number of esters is 1. The molecule has 0 saturated heterocycles. The van der Waals surface area contributed by atoms with Crippen LogP contribution in [0, 0.1) is 45.3 Å². The van der Waals surface area contributed by atoms with Gasteiger partial charge in [-0.3, -0.25) is 9.59 Å². The van der Waals surface area contributed by atoms with Crippen LogP contribution < -0.4 is 0 Å². The lowest BCUT2D eigenvalue weighted by Crippen LogP contribution is -2.71. The summed E-state index contributed by atoms with van der Waals surface area (Å²) in [5, 5.41) is 22.1. The number of carbonyl (C=O) groups excluding carboxylic acids is 2. The molecule has 4 fully saturated rings. The van der Waals surface area contributed by atoms with Gasteiger partial charge in [0.2, 0.25) is 5.60 Å². The first-order chi connectivity index (χ1) is 16.8. The Balaban J connectivity index is 1.59. The third kappa shape index (κ3) is 2.81. The van der Waals surface area contributed by atoms with Crippen LogP contribution in [0.4, 0.5) is 8.78 Å². The van der Waals surface area contributed by atoms with Crippen LogP contribution in [0.3, 0.4) is 0 Å². The van der Waals surface area contributed by atoms with Crippen LogP contribution >= 0.6 is 0 Å². The van der Waals surface area contributed by atoms with Crippen molar-refractivity contribution in [2.24, 2.45) is 45.3 Å². The van der Waals surface area contributed by atoms with Crippen molar-refractivity contribution in [1.29, 1.82) is 0 Å². The standard InChI is InChI=1S/C29H38F2O6/c1-14-10-16-17-12-19(30)18-11-15(32)8-9-26(18,6)28(17,31)20(33)13-27(16,7)29(14,23(35)36)37-22(34)21-24(2,3)25(21,4)5/h8-9,11,14,16-17,19-21,33H,10,12-13H2,1-7H3,(H,35,36)/t14-,16+,17+,19+,20+,26+,27+,28+,29-/m1/s1. The highest BCUT2D eigenvalue weighted by Gasteiger charge is 2.79. The highest BCUT2D eigenvalue weighted by atomic mass is 19.1. The van der Waals surface area contributed by atoms with Gasteiger partial charge in [0.25, 0.3) is 0 Å². The lowest BCUT2D eigenvalue weighted by atomic mass is 9.44. The van der Waals surface area contributed by atoms with Gasteiger partial charge < -0.3 is 14.9 Å². The summed E-state index contributed by atoms with van der Waals surface area (Å²) in [6.45, 7) is 12.6. The van der Waals surface area contributed by atoms with E-state index in [1.54, 1.807) is 13.8 Å². The number of aliphatic carboxylic acids is 1. The summed E-state index contributed by atoms with van der Waals surface area (Å²) in [6, 6.07) is 0. The van der Waals surface area contributed by atoms with Crippen LogP contribution in [-0.4, -0.2) is 51.5 Å². The number of halogens is 2. The Morgan fingerprint density at radius 2 is 1.65 bits per heavy atom. The normalized spacial score (nSPS) is 49.4. The SMILES string of the molecule is C[C@@H]1C[C@H]2[C@@H]3C[C@H](F)C4=CC(=O)C=C[C@]4(C)[C@@]3(F)[C@@H](O)C[C@]2(C)[C@]1(OC(=O)C1C(C)(C)C1(C)C)C(=O)O. The van der Waals surface area contributed by atoms with Crippen molar-refractivity contribution in [2.75, 3.05) is 0 Å². The van der Waals surface area contributed by atoms with Gasteiger partial charge in [0, 0.05) is 22.7 Å². The molecule has 0 heterocycles. The van der Waals surface area contributed by atoms with Crippen LogP contribution in [0.2, 0.25) is 0 Å². The average Bonchev–Trinajstić information content (AvgIpc) is 3.08. The number of ether oxygens (including phenoxy) is 1. The van der Waals surface area contributed by atoms with E-state index in [-0.39, 0.29) is 35.7 Å². The number of carbonyl (C=O) groups is 3. The molecular weight excluding hydrogens is 482 g/mol. The maximum absolute atomic E-state index is 17.3. The summed E-state index contributed by atoms with van der Waals surface area (Å²) in [5.74, 6) is -5.23. The molecular formula is C29H38F2O6. The molecule has 5 aliphatic carbocycles. The van der Waals surface area contributed by atoms with Crippen LogP contribution in [0.25, 0.3) is 0 Å². The van der Waals surface area contributed by atoms with Gasteiger partial charge in [0.1, 0.15) is 6.17 Å². The monoisotopic (exact) mass is 520 g/mol.